The Hall–Kier alpha value is -3.66. The van der Waals surface area contributed by atoms with Gasteiger partial charge in [0.1, 0.15) is 24.5 Å². The molecule has 2 aromatic heterocycles. The Morgan fingerprint density at radius 3 is 2.63 bits per heavy atom. The van der Waals surface area contributed by atoms with Gasteiger partial charge < -0.3 is 5.32 Å². The highest BCUT2D eigenvalue weighted by atomic mass is 35.5. The van der Waals surface area contributed by atoms with Gasteiger partial charge in [-0.1, -0.05) is 28.9 Å². The van der Waals surface area contributed by atoms with Gasteiger partial charge in [-0.2, -0.15) is 0 Å². The Kier molecular flexibility index (Phi) is 5.23. The number of rotatable bonds is 5. The van der Waals surface area contributed by atoms with Gasteiger partial charge in [0.25, 0.3) is 5.56 Å². The quantitative estimate of drug-likeness (QED) is 0.525. The number of carbonyl (C=O) groups excluding carboxylic acids is 1. The SMILES string of the molecule is O=C(Cn1cnc2c(nnn2Cc2ccc(Cl)cc2)c1=O)Nc1ccc(F)cc1F. The second-order valence-electron chi connectivity index (χ2n) is 6.40. The average Bonchev–Trinajstić information content (AvgIpc) is 3.11. The van der Waals surface area contributed by atoms with Gasteiger partial charge in [0, 0.05) is 11.1 Å². The number of nitrogens with one attached hydrogen (secondary N) is 1. The first-order chi connectivity index (χ1) is 14.4. The predicted molar refractivity (Wildman–Crippen MR) is 105 cm³/mol. The van der Waals surface area contributed by atoms with E-state index in [4.69, 9.17) is 11.6 Å². The summed E-state index contributed by atoms with van der Waals surface area (Å²) in [6.07, 6.45) is 1.19. The van der Waals surface area contributed by atoms with Crippen molar-refractivity contribution in [3.63, 3.8) is 0 Å². The zero-order valence-corrected chi connectivity index (χ0v) is 16.0. The third-order valence-electron chi connectivity index (χ3n) is 4.26. The fourth-order valence-corrected chi connectivity index (χ4v) is 2.93. The molecule has 0 aliphatic rings. The van der Waals surface area contributed by atoms with Crippen molar-refractivity contribution < 1.29 is 13.6 Å². The van der Waals surface area contributed by atoms with Crippen molar-refractivity contribution in [2.75, 3.05) is 5.32 Å². The summed E-state index contributed by atoms with van der Waals surface area (Å²) in [6, 6.07) is 9.85. The Labute approximate surface area is 172 Å². The molecule has 4 rings (SSSR count). The molecule has 0 aliphatic heterocycles. The van der Waals surface area contributed by atoms with E-state index in [1.807, 2.05) is 12.1 Å². The summed E-state index contributed by atoms with van der Waals surface area (Å²) in [4.78, 5) is 29.0. The molecule has 0 fully saturated rings. The molecule has 30 heavy (non-hydrogen) atoms. The van der Waals surface area contributed by atoms with Gasteiger partial charge in [0.15, 0.2) is 11.2 Å². The molecule has 0 saturated carbocycles. The monoisotopic (exact) mass is 430 g/mol. The van der Waals surface area contributed by atoms with Crippen molar-refractivity contribution in [2.45, 2.75) is 13.1 Å². The number of hydrogen-bond acceptors (Lipinski definition) is 5. The molecule has 0 unspecified atom stereocenters. The lowest BCUT2D eigenvalue weighted by Crippen LogP contribution is -2.28. The molecule has 0 atom stereocenters. The van der Waals surface area contributed by atoms with Gasteiger partial charge >= 0.3 is 0 Å². The van der Waals surface area contributed by atoms with E-state index in [-0.39, 0.29) is 16.9 Å². The molecule has 0 radical (unpaired) electrons. The number of carbonyl (C=O) groups is 1. The van der Waals surface area contributed by atoms with Crippen LogP contribution >= 0.6 is 11.6 Å². The number of fused-ring (bicyclic) bond motifs is 1. The van der Waals surface area contributed by atoms with Crippen LogP contribution in [-0.4, -0.2) is 30.5 Å². The van der Waals surface area contributed by atoms with Crippen LogP contribution in [0, 0.1) is 11.6 Å². The standard InChI is InChI=1S/C19H13ClF2N6O2/c20-12-3-1-11(2-4-12)8-28-18-17(25-26-28)19(30)27(10-23-18)9-16(29)24-15-6-5-13(21)7-14(15)22/h1-7,10H,8-9H2,(H,24,29). The van der Waals surface area contributed by atoms with E-state index in [1.165, 1.54) is 11.0 Å². The molecule has 11 heteroatoms. The van der Waals surface area contributed by atoms with Crippen LogP contribution in [0.2, 0.25) is 5.02 Å². The van der Waals surface area contributed by atoms with Crippen molar-refractivity contribution >= 4 is 34.4 Å². The van der Waals surface area contributed by atoms with Crippen molar-refractivity contribution in [3.05, 3.63) is 81.4 Å². The largest absolute Gasteiger partial charge is 0.322 e. The molecular formula is C19H13ClF2N6O2. The molecule has 2 heterocycles. The second kappa shape index (κ2) is 7.99. The number of amides is 1. The maximum atomic E-state index is 13.7. The third-order valence-corrected chi connectivity index (χ3v) is 4.51. The maximum absolute atomic E-state index is 13.7. The smallest absolute Gasteiger partial charge is 0.283 e. The highest BCUT2D eigenvalue weighted by molar-refractivity contribution is 6.30. The fraction of sp³-hybridized carbons (Fsp3) is 0.105. The predicted octanol–water partition coefficient (Wildman–Crippen LogP) is 2.61. The lowest BCUT2D eigenvalue weighted by molar-refractivity contribution is -0.116. The van der Waals surface area contributed by atoms with Gasteiger partial charge in [-0.25, -0.2) is 18.4 Å². The Morgan fingerprint density at radius 2 is 1.90 bits per heavy atom. The highest BCUT2D eigenvalue weighted by Crippen LogP contribution is 2.15. The zero-order valence-electron chi connectivity index (χ0n) is 15.2. The van der Waals surface area contributed by atoms with Gasteiger partial charge in [-0.15, -0.1) is 5.10 Å². The molecule has 4 aromatic rings. The van der Waals surface area contributed by atoms with Gasteiger partial charge in [0.05, 0.1) is 12.2 Å². The van der Waals surface area contributed by atoms with Crippen LogP contribution in [0.15, 0.2) is 53.6 Å². The minimum atomic E-state index is -0.922. The molecule has 1 amide bonds. The number of nitrogens with zero attached hydrogens (tertiary/aromatic N) is 5. The number of hydrogen-bond donors (Lipinski definition) is 1. The molecule has 1 N–H and O–H groups in total. The van der Waals surface area contributed by atoms with Crippen LogP contribution in [0.4, 0.5) is 14.5 Å². The summed E-state index contributed by atoms with van der Waals surface area (Å²) in [5.41, 5.74) is 0.371. The summed E-state index contributed by atoms with van der Waals surface area (Å²) in [5, 5.41) is 10.7. The van der Waals surface area contributed by atoms with Crippen molar-refractivity contribution in [3.8, 4) is 0 Å². The van der Waals surface area contributed by atoms with E-state index < -0.39 is 29.6 Å². The number of aromatic nitrogens is 5. The Morgan fingerprint density at radius 1 is 1.13 bits per heavy atom. The van der Waals surface area contributed by atoms with Crippen LogP contribution in [-0.2, 0) is 17.9 Å². The Balaban J connectivity index is 1.54. The third kappa shape index (κ3) is 4.03. The van der Waals surface area contributed by atoms with E-state index in [2.05, 4.69) is 20.6 Å². The lowest BCUT2D eigenvalue weighted by Gasteiger charge is -2.08. The number of anilines is 1. The zero-order chi connectivity index (χ0) is 21.3. The number of halogens is 3. The van der Waals surface area contributed by atoms with E-state index in [0.717, 1.165) is 22.3 Å². The molecule has 152 valence electrons. The van der Waals surface area contributed by atoms with Crippen molar-refractivity contribution in [1.29, 1.82) is 0 Å². The first-order valence-electron chi connectivity index (χ1n) is 8.68. The first kappa shape index (κ1) is 19.6. The van der Waals surface area contributed by atoms with Crippen LogP contribution in [0.1, 0.15) is 5.56 Å². The van der Waals surface area contributed by atoms with Gasteiger partial charge in [-0.05, 0) is 29.8 Å². The second-order valence-corrected chi connectivity index (χ2v) is 6.83. The molecular weight excluding hydrogens is 418 g/mol. The summed E-state index contributed by atoms with van der Waals surface area (Å²) in [7, 11) is 0. The Bertz CT molecular complexity index is 1300. The van der Waals surface area contributed by atoms with Crippen molar-refractivity contribution in [1.82, 2.24) is 24.5 Å². The van der Waals surface area contributed by atoms with Gasteiger partial charge in [0.2, 0.25) is 5.91 Å². The average molecular weight is 431 g/mol. The van der Waals surface area contributed by atoms with E-state index in [1.54, 1.807) is 12.1 Å². The molecule has 8 nitrogen and oxygen atoms in total. The first-order valence-corrected chi connectivity index (χ1v) is 9.06. The maximum Gasteiger partial charge on any atom is 0.283 e. The highest BCUT2D eigenvalue weighted by Gasteiger charge is 2.15. The molecule has 2 aromatic carbocycles. The minimum absolute atomic E-state index is 0.00720. The topological polar surface area (TPSA) is 94.7 Å². The number of benzene rings is 2. The van der Waals surface area contributed by atoms with Crippen LogP contribution < -0.4 is 10.9 Å². The summed E-state index contributed by atoms with van der Waals surface area (Å²) < 4.78 is 29.1. The normalized spacial score (nSPS) is 11.0. The molecule has 0 bridgehead atoms. The van der Waals surface area contributed by atoms with Crippen molar-refractivity contribution in [2.24, 2.45) is 0 Å². The van der Waals surface area contributed by atoms with Crippen LogP contribution in [0.25, 0.3) is 11.2 Å². The fourth-order valence-electron chi connectivity index (χ4n) is 2.80. The molecule has 0 saturated heterocycles. The van der Waals surface area contributed by atoms with E-state index in [9.17, 15) is 18.4 Å². The summed E-state index contributed by atoms with van der Waals surface area (Å²) in [6.45, 7) is -0.100. The molecule has 0 aliphatic carbocycles. The summed E-state index contributed by atoms with van der Waals surface area (Å²) >= 11 is 5.87. The minimum Gasteiger partial charge on any atom is -0.322 e. The van der Waals surface area contributed by atoms with E-state index in [0.29, 0.717) is 17.6 Å². The van der Waals surface area contributed by atoms with Gasteiger partial charge in [-0.3, -0.25) is 14.2 Å². The lowest BCUT2D eigenvalue weighted by atomic mass is 10.2. The van der Waals surface area contributed by atoms with Crippen LogP contribution in [0.5, 0.6) is 0 Å². The van der Waals surface area contributed by atoms with Crippen LogP contribution in [0.3, 0.4) is 0 Å². The van der Waals surface area contributed by atoms with E-state index >= 15 is 0 Å². The summed E-state index contributed by atoms with van der Waals surface area (Å²) in [5.74, 6) is -2.37. The molecule has 0 spiro atoms.